The number of morpholine rings is 1. The number of anilines is 1. The highest BCUT2D eigenvalue weighted by Gasteiger charge is 2.23. The molecule has 1 fully saturated rings. The predicted octanol–water partition coefficient (Wildman–Crippen LogP) is 1.97. The summed E-state index contributed by atoms with van der Waals surface area (Å²) in [6.45, 7) is 9.33. The molecule has 0 saturated carbocycles. The molecule has 1 aromatic carbocycles. The molecule has 1 aliphatic heterocycles. The normalized spacial score (nSPS) is 14.4. The molecule has 1 amide bonds. The van der Waals surface area contributed by atoms with Gasteiger partial charge in [0.2, 0.25) is 5.91 Å². The van der Waals surface area contributed by atoms with E-state index in [0.717, 1.165) is 37.8 Å². The van der Waals surface area contributed by atoms with Crippen LogP contribution in [0.3, 0.4) is 0 Å². The molecule has 3 rings (SSSR count). The summed E-state index contributed by atoms with van der Waals surface area (Å²) in [6.07, 6.45) is 0.180. The van der Waals surface area contributed by atoms with Crippen LogP contribution in [0.1, 0.15) is 36.6 Å². The van der Waals surface area contributed by atoms with Crippen LogP contribution in [-0.4, -0.2) is 55.1 Å². The van der Waals surface area contributed by atoms with Crippen molar-refractivity contribution in [2.24, 2.45) is 7.05 Å². The fourth-order valence-corrected chi connectivity index (χ4v) is 3.78. The van der Waals surface area contributed by atoms with E-state index >= 15 is 0 Å². The van der Waals surface area contributed by atoms with Crippen molar-refractivity contribution in [3.8, 4) is 0 Å². The van der Waals surface area contributed by atoms with E-state index in [-0.39, 0.29) is 18.1 Å². The third-order valence-electron chi connectivity index (χ3n) is 5.18. The third kappa shape index (κ3) is 5.79. The highest BCUT2D eigenvalue weighted by molar-refractivity contribution is 5.78. The number of aromatic nitrogens is 2. The summed E-state index contributed by atoms with van der Waals surface area (Å²) in [7, 11) is 1.99. The summed E-state index contributed by atoms with van der Waals surface area (Å²) in [5, 5.41) is 11.1. The van der Waals surface area contributed by atoms with Crippen molar-refractivity contribution in [2.45, 2.75) is 32.7 Å². The Morgan fingerprint density at radius 3 is 2.73 bits per heavy atom. The molecular weight excluding hydrogens is 385 g/mol. The number of aryl methyl sites for hydroxylation is 1. The second kappa shape index (κ2) is 10.5. The molecule has 1 aromatic heterocycles. The number of halogens is 1. The van der Waals surface area contributed by atoms with Crippen molar-refractivity contribution in [3.05, 3.63) is 46.9 Å². The summed E-state index contributed by atoms with van der Waals surface area (Å²) >= 11 is 0. The number of hydrogen-bond acceptors (Lipinski definition) is 5. The van der Waals surface area contributed by atoms with Crippen LogP contribution in [0.2, 0.25) is 0 Å². The van der Waals surface area contributed by atoms with E-state index in [1.54, 1.807) is 12.1 Å². The largest absolute Gasteiger partial charge is 0.378 e. The Morgan fingerprint density at radius 1 is 1.27 bits per heavy atom. The average molecular weight is 418 g/mol. The maximum Gasteiger partial charge on any atom is 0.224 e. The number of ether oxygens (including phenoxy) is 1. The summed E-state index contributed by atoms with van der Waals surface area (Å²) in [5.41, 5.74) is 2.98. The monoisotopic (exact) mass is 417 g/mol. The van der Waals surface area contributed by atoms with Gasteiger partial charge in [-0.1, -0.05) is 26.0 Å². The number of benzene rings is 1. The molecule has 1 saturated heterocycles. The molecule has 0 aliphatic carbocycles. The topological polar surface area (TPSA) is 71.4 Å². The highest BCUT2D eigenvalue weighted by Crippen LogP contribution is 2.28. The summed E-state index contributed by atoms with van der Waals surface area (Å²) in [4.78, 5) is 14.4. The van der Waals surface area contributed by atoms with Crippen LogP contribution in [0.5, 0.6) is 0 Å². The van der Waals surface area contributed by atoms with Gasteiger partial charge < -0.3 is 20.3 Å². The van der Waals surface area contributed by atoms with Gasteiger partial charge in [0, 0.05) is 45.3 Å². The maximum absolute atomic E-state index is 13.2. The molecular formula is C22H32FN5O2. The number of nitrogens with one attached hydrogen (secondary N) is 2. The molecule has 7 nitrogen and oxygen atoms in total. The van der Waals surface area contributed by atoms with Gasteiger partial charge in [-0.3, -0.25) is 9.48 Å². The van der Waals surface area contributed by atoms with Crippen LogP contribution in [0.15, 0.2) is 24.3 Å². The molecule has 2 aromatic rings. The van der Waals surface area contributed by atoms with Crippen LogP contribution in [0.25, 0.3) is 0 Å². The molecule has 0 radical (unpaired) electrons. The van der Waals surface area contributed by atoms with E-state index in [0.29, 0.717) is 31.1 Å². The molecule has 0 unspecified atom stereocenters. The molecule has 2 heterocycles. The molecule has 30 heavy (non-hydrogen) atoms. The van der Waals surface area contributed by atoms with Gasteiger partial charge in [-0.15, -0.1) is 0 Å². The minimum Gasteiger partial charge on any atom is -0.378 e. The second-order valence-corrected chi connectivity index (χ2v) is 7.90. The first-order valence-electron chi connectivity index (χ1n) is 10.6. The smallest absolute Gasteiger partial charge is 0.224 e. The molecule has 2 N–H and O–H groups in total. The van der Waals surface area contributed by atoms with Gasteiger partial charge in [-0.05, 0) is 23.6 Å². The van der Waals surface area contributed by atoms with Crippen molar-refractivity contribution in [1.82, 2.24) is 20.4 Å². The molecule has 0 bridgehead atoms. The quantitative estimate of drug-likeness (QED) is 0.611. The lowest BCUT2D eigenvalue weighted by molar-refractivity contribution is -0.120. The number of nitrogens with zero attached hydrogens (tertiary/aromatic N) is 3. The lowest BCUT2D eigenvalue weighted by Crippen LogP contribution is -2.38. The Labute approximate surface area is 177 Å². The third-order valence-corrected chi connectivity index (χ3v) is 5.18. The number of hydrogen-bond donors (Lipinski definition) is 2. The van der Waals surface area contributed by atoms with E-state index in [9.17, 15) is 9.18 Å². The van der Waals surface area contributed by atoms with E-state index in [4.69, 9.17) is 9.84 Å². The zero-order valence-corrected chi connectivity index (χ0v) is 18.1. The number of carbonyl (C=O) groups is 1. The number of carbonyl (C=O) groups excluding carboxylic acids is 1. The Morgan fingerprint density at radius 2 is 2.03 bits per heavy atom. The molecule has 8 heteroatoms. The van der Waals surface area contributed by atoms with Crippen molar-refractivity contribution in [1.29, 1.82) is 0 Å². The number of amides is 1. The van der Waals surface area contributed by atoms with Gasteiger partial charge in [0.1, 0.15) is 11.6 Å². The van der Waals surface area contributed by atoms with Crippen LogP contribution in [0, 0.1) is 5.82 Å². The van der Waals surface area contributed by atoms with Gasteiger partial charge >= 0.3 is 0 Å². The zero-order chi connectivity index (χ0) is 21.5. The highest BCUT2D eigenvalue weighted by atomic mass is 19.1. The average Bonchev–Trinajstić information content (AvgIpc) is 3.05. The standard InChI is InChI=1S/C22H32FN5O2/c1-16(2)21-19(22(27(3)26-21)28-9-11-30-12-10-28)15-24-7-8-25-20(29)14-17-5-4-6-18(23)13-17/h4-6,13,16,24H,7-12,14-15H2,1-3H3,(H,25,29). The van der Waals surface area contributed by atoms with E-state index in [1.165, 1.54) is 17.7 Å². The first-order chi connectivity index (χ1) is 14.5. The van der Waals surface area contributed by atoms with E-state index < -0.39 is 0 Å². The van der Waals surface area contributed by atoms with Gasteiger partial charge in [-0.2, -0.15) is 5.10 Å². The predicted molar refractivity (Wildman–Crippen MR) is 115 cm³/mol. The first kappa shape index (κ1) is 22.2. The van der Waals surface area contributed by atoms with Crippen molar-refractivity contribution < 1.29 is 13.9 Å². The summed E-state index contributed by atoms with van der Waals surface area (Å²) in [5.74, 6) is 1.04. The molecule has 1 aliphatic rings. The van der Waals surface area contributed by atoms with Gasteiger partial charge in [-0.25, -0.2) is 4.39 Å². The zero-order valence-electron chi connectivity index (χ0n) is 18.1. The van der Waals surface area contributed by atoms with E-state index in [1.807, 2.05) is 11.7 Å². The Bertz CT molecular complexity index is 846. The lowest BCUT2D eigenvalue weighted by Gasteiger charge is -2.29. The second-order valence-electron chi connectivity index (χ2n) is 7.90. The minimum atomic E-state index is -0.324. The lowest BCUT2D eigenvalue weighted by atomic mass is 10.0. The molecule has 0 atom stereocenters. The maximum atomic E-state index is 13.2. The Balaban J connectivity index is 1.52. The van der Waals surface area contributed by atoms with Crippen LogP contribution in [0.4, 0.5) is 10.2 Å². The first-order valence-corrected chi connectivity index (χ1v) is 10.6. The van der Waals surface area contributed by atoms with Gasteiger partial charge in [0.05, 0.1) is 25.3 Å². The van der Waals surface area contributed by atoms with Crippen LogP contribution >= 0.6 is 0 Å². The van der Waals surface area contributed by atoms with Crippen molar-refractivity contribution in [3.63, 3.8) is 0 Å². The van der Waals surface area contributed by atoms with Crippen molar-refractivity contribution in [2.75, 3.05) is 44.3 Å². The van der Waals surface area contributed by atoms with Crippen molar-refractivity contribution >= 4 is 11.7 Å². The van der Waals surface area contributed by atoms with E-state index in [2.05, 4.69) is 29.4 Å². The Kier molecular flexibility index (Phi) is 7.81. The molecule has 164 valence electrons. The molecule has 0 spiro atoms. The van der Waals surface area contributed by atoms with Crippen LogP contribution < -0.4 is 15.5 Å². The van der Waals surface area contributed by atoms with Crippen LogP contribution in [-0.2, 0) is 29.5 Å². The number of rotatable bonds is 9. The summed E-state index contributed by atoms with van der Waals surface area (Å²) < 4.78 is 20.7. The summed E-state index contributed by atoms with van der Waals surface area (Å²) in [6, 6.07) is 6.14. The minimum absolute atomic E-state index is 0.111. The van der Waals surface area contributed by atoms with Gasteiger partial charge in [0.25, 0.3) is 0 Å². The Hall–Kier alpha value is -2.45. The van der Waals surface area contributed by atoms with Gasteiger partial charge in [0.15, 0.2) is 0 Å². The SMILES string of the molecule is CC(C)c1nn(C)c(N2CCOCC2)c1CNCCNC(=O)Cc1cccc(F)c1. The fourth-order valence-electron chi connectivity index (χ4n) is 3.78. The fraction of sp³-hybridized carbons (Fsp3) is 0.545.